The fraction of sp³-hybridized carbons (Fsp3) is 0.588. The van der Waals surface area contributed by atoms with E-state index in [-0.39, 0.29) is 18.0 Å². The van der Waals surface area contributed by atoms with Crippen LogP contribution in [0.5, 0.6) is 0 Å². The maximum Gasteiger partial charge on any atom is 0.259 e. The number of nitrogens with two attached hydrogens (primary N) is 1. The van der Waals surface area contributed by atoms with Crippen LogP contribution in [-0.4, -0.2) is 36.7 Å². The van der Waals surface area contributed by atoms with E-state index in [2.05, 4.69) is 21.6 Å². The second-order valence-electron chi connectivity index (χ2n) is 6.56. The predicted octanol–water partition coefficient (Wildman–Crippen LogP) is 2.63. The van der Waals surface area contributed by atoms with Gasteiger partial charge in [0.25, 0.3) is 5.91 Å². The number of aromatic nitrogens is 4. The van der Waals surface area contributed by atoms with Crippen LogP contribution in [0, 0.1) is 0 Å². The zero-order valence-electron chi connectivity index (χ0n) is 14.6. The molecule has 130 valence electrons. The van der Waals surface area contributed by atoms with E-state index in [1.54, 1.807) is 17.1 Å². The summed E-state index contributed by atoms with van der Waals surface area (Å²) in [5, 5.41) is 4.28. The van der Waals surface area contributed by atoms with Gasteiger partial charge in [-0.05, 0) is 40.0 Å². The third-order valence-corrected chi connectivity index (χ3v) is 4.70. The van der Waals surface area contributed by atoms with Gasteiger partial charge in [0.2, 0.25) is 0 Å². The number of nitrogens with zero attached hydrogens (tertiary/aromatic N) is 5. The van der Waals surface area contributed by atoms with Crippen molar-refractivity contribution in [2.75, 3.05) is 12.3 Å². The van der Waals surface area contributed by atoms with Gasteiger partial charge in [0, 0.05) is 31.5 Å². The molecule has 1 aliphatic heterocycles. The van der Waals surface area contributed by atoms with E-state index in [4.69, 9.17) is 5.73 Å². The van der Waals surface area contributed by atoms with E-state index in [9.17, 15) is 4.79 Å². The first-order chi connectivity index (χ1) is 11.5. The molecule has 7 heteroatoms. The first-order valence-corrected chi connectivity index (χ1v) is 8.69. The number of amides is 1. The number of imidazole rings is 1. The molecule has 2 aromatic heterocycles. The molecule has 1 unspecified atom stereocenters. The summed E-state index contributed by atoms with van der Waals surface area (Å²) >= 11 is 0. The molecule has 0 radical (unpaired) electrons. The van der Waals surface area contributed by atoms with Crippen molar-refractivity contribution in [2.45, 2.75) is 58.7 Å². The average molecular weight is 330 g/mol. The van der Waals surface area contributed by atoms with Gasteiger partial charge in [0.05, 0.1) is 12.2 Å². The lowest BCUT2D eigenvalue weighted by atomic mass is 10.0. The van der Waals surface area contributed by atoms with Crippen LogP contribution in [0.3, 0.4) is 0 Å². The molecule has 2 aromatic rings. The summed E-state index contributed by atoms with van der Waals surface area (Å²) < 4.78 is 3.80. The number of aryl methyl sites for hydroxylation is 1. The van der Waals surface area contributed by atoms with Crippen LogP contribution in [0.1, 0.15) is 68.3 Å². The predicted molar refractivity (Wildman–Crippen MR) is 92.6 cm³/mol. The smallest absolute Gasteiger partial charge is 0.259 e. The van der Waals surface area contributed by atoms with Gasteiger partial charge in [-0.3, -0.25) is 4.79 Å². The number of carbonyl (C=O) groups excluding carboxylic acids is 1. The van der Waals surface area contributed by atoms with Gasteiger partial charge in [0.15, 0.2) is 0 Å². The van der Waals surface area contributed by atoms with E-state index < -0.39 is 0 Å². The van der Waals surface area contributed by atoms with Crippen molar-refractivity contribution in [3.05, 3.63) is 30.0 Å². The lowest BCUT2D eigenvalue weighted by Crippen LogP contribution is -2.39. The molecule has 1 aliphatic rings. The Kier molecular flexibility index (Phi) is 4.59. The first-order valence-electron chi connectivity index (χ1n) is 8.69. The standard InChI is InChI=1S/C17H26N6O/c1-4-21-10-8-19-16(21)14-7-5-6-9-22(14)17(24)13-11-20-23(12(2)3)15(13)18/h8,10-12,14H,4-7,9,18H2,1-3H3. The molecule has 3 rings (SSSR count). The lowest BCUT2D eigenvalue weighted by molar-refractivity contribution is 0.0596. The van der Waals surface area contributed by atoms with Crippen molar-refractivity contribution in [3.8, 4) is 0 Å². The number of anilines is 1. The molecule has 1 fully saturated rings. The Morgan fingerprint density at radius 3 is 2.88 bits per heavy atom. The fourth-order valence-electron chi connectivity index (χ4n) is 3.43. The Hall–Kier alpha value is -2.31. The van der Waals surface area contributed by atoms with Crippen molar-refractivity contribution < 1.29 is 4.79 Å². The van der Waals surface area contributed by atoms with E-state index >= 15 is 0 Å². The van der Waals surface area contributed by atoms with E-state index in [1.807, 2.05) is 24.9 Å². The van der Waals surface area contributed by atoms with Gasteiger partial charge >= 0.3 is 0 Å². The molecule has 0 bridgehead atoms. The summed E-state index contributed by atoms with van der Waals surface area (Å²) in [5.41, 5.74) is 6.66. The summed E-state index contributed by atoms with van der Waals surface area (Å²) in [6, 6.07) is 0.130. The molecule has 7 nitrogen and oxygen atoms in total. The van der Waals surface area contributed by atoms with Crippen molar-refractivity contribution in [2.24, 2.45) is 0 Å². The van der Waals surface area contributed by atoms with Crippen LogP contribution in [0.15, 0.2) is 18.6 Å². The van der Waals surface area contributed by atoms with Crippen molar-refractivity contribution in [1.29, 1.82) is 0 Å². The molecule has 0 saturated carbocycles. The topological polar surface area (TPSA) is 82.0 Å². The van der Waals surface area contributed by atoms with E-state index in [0.29, 0.717) is 11.4 Å². The van der Waals surface area contributed by atoms with Crippen LogP contribution < -0.4 is 5.73 Å². The van der Waals surface area contributed by atoms with Crippen LogP contribution in [-0.2, 0) is 6.54 Å². The summed E-state index contributed by atoms with van der Waals surface area (Å²) in [7, 11) is 0. The largest absolute Gasteiger partial charge is 0.383 e. The van der Waals surface area contributed by atoms with E-state index in [0.717, 1.165) is 38.2 Å². The van der Waals surface area contributed by atoms with Crippen molar-refractivity contribution >= 4 is 11.7 Å². The lowest BCUT2D eigenvalue weighted by Gasteiger charge is -2.35. The van der Waals surface area contributed by atoms with Crippen LogP contribution in [0.25, 0.3) is 0 Å². The number of carbonyl (C=O) groups is 1. The van der Waals surface area contributed by atoms with Gasteiger partial charge in [-0.2, -0.15) is 5.10 Å². The van der Waals surface area contributed by atoms with Crippen molar-refractivity contribution in [3.63, 3.8) is 0 Å². The average Bonchev–Trinajstić information content (AvgIpc) is 3.20. The van der Waals surface area contributed by atoms with Crippen LogP contribution in [0.4, 0.5) is 5.82 Å². The Bertz CT molecular complexity index is 716. The van der Waals surface area contributed by atoms with Gasteiger partial charge in [-0.25, -0.2) is 9.67 Å². The Labute approximate surface area is 142 Å². The number of nitrogen functional groups attached to an aromatic ring is 1. The highest BCUT2D eigenvalue weighted by Crippen LogP contribution is 2.32. The molecule has 3 heterocycles. The molecule has 2 N–H and O–H groups in total. The molecule has 0 spiro atoms. The monoisotopic (exact) mass is 330 g/mol. The SMILES string of the molecule is CCn1ccnc1C1CCCCN1C(=O)c1cnn(C(C)C)c1N. The summed E-state index contributed by atoms with van der Waals surface area (Å²) in [5.74, 6) is 1.35. The highest BCUT2D eigenvalue weighted by atomic mass is 16.2. The molecular formula is C17H26N6O. The number of rotatable bonds is 4. The number of hydrogen-bond acceptors (Lipinski definition) is 4. The Balaban J connectivity index is 1.92. The molecule has 24 heavy (non-hydrogen) atoms. The summed E-state index contributed by atoms with van der Waals surface area (Å²) in [4.78, 5) is 19.5. The highest BCUT2D eigenvalue weighted by molar-refractivity contribution is 5.98. The number of likely N-dealkylation sites (tertiary alicyclic amines) is 1. The number of hydrogen-bond donors (Lipinski definition) is 1. The minimum Gasteiger partial charge on any atom is -0.383 e. The number of piperidine rings is 1. The third kappa shape index (κ3) is 2.79. The maximum absolute atomic E-state index is 13.1. The first kappa shape index (κ1) is 16.5. The zero-order chi connectivity index (χ0) is 17.3. The second kappa shape index (κ2) is 6.67. The summed E-state index contributed by atoms with van der Waals surface area (Å²) in [6.07, 6.45) is 8.41. The van der Waals surface area contributed by atoms with Crippen LogP contribution in [0.2, 0.25) is 0 Å². The quantitative estimate of drug-likeness (QED) is 0.934. The highest BCUT2D eigenvalue weighted by Gasteiger charge is 2.33. The summed E-state index contributed by atoms with van der Waals surface area (Å²) in [6.45, 7) is 7.66. The fourth-order valence-corrected chi connectivity index (χ4v) is 3.43. The molecule has 0 aromatic carbocycles. The molecule has 1 saturated heterocycles. The molecule has 0 aliphatic carbocycles. The second-order valence-corrected chi connectivity index (χ2v) is 6.56. The minimum absolute atomic E-state index is 0.00278. The molecular weight excluding hydrogens is 304 g/mol. The van der Waals surface area contributed by atoms with Crippen molar-refractivity contribution in [1.82, 2.24) is 24.2 Å². The van der Waals surface area contributed by atoms with E-state index in [1.165, 1.54) is 0 Å². The van der Waals surface area contributed by atoms with Gasteiger partial charge in [0.1, 0.15) is 17.2 Å². The maximum atomic E-state index is 13.1. The normalized spacial score (nSPS) is 18.3. The van der Waals surface area contributed by atoms with Crippen LogP contribution >= 0.6 is 0 Å². The Morgan fingerprint density at radius 1 is 1.42 bits per heavy atom. The van der Waals surface area contributed by atoms with Gasteiger partial charge < -0.3 is 15.2 Å². The van der Waals surface area contributed by atoms with Gasteiger partial charge in [-0.15, -0.1) is 0 Å². The minimum atomic E-state index is -0.0465. The molecule has 1 amide bonds. The Morgan fingerprint density at radius 2 is 2.21 bits per heavy atom. The zero-order valence-corrected chi connectivity index (χ0v) is 14.6. The third-order valence-electron chi connectivity index (χ3n) is 4.70. The van der Waals surface area contributed by atoms with Gasteiger partial charge in [-0.1, -0.05) is 0 Å². The molecule has 1 atom stereocenters.